The minimum atomic E-state index is -0.244. The largest absolute Gasteiger partial charge is 0.371 e. The molecule has 1 aromatic heterocycles. The number of benzene rings is 2. The van der Waals surface area contributed by atoms with Crippen LogP contribution in [-0.4, -0.2) is 35.8 Å². The molecule has 1 atom stereocenters. The number of nitrogens with one attached hydrogen (secondary N) is 3. The van der Waals surface area contributed by atoms with E-state index in [1.54, 1.807) is 18.2 Å². The molecule has 0 unspecified atom stereocenters. The van der Waals surface area contributed by atoms with E-state index in [0.29, 0.717) is 23.0 Å². The molecule has 0 aliphatic carbocycles. The topological polar surface area (TPSA) is 79.0 Å². The number of hydrogen-bond acceptors (Lipinski definition) is 4. The molecule has 3 N–H and O–H groups in total. The van der Waals surface area contributed by atoms with E-state index in [9.17, 15) is 4.79 Å². The predicted molar refractivity (Wildman–Crippen MR) is 105 cm³/mol. The maximum Gasteiger partial charge on any atom is 0.273 e. The zero-order chi connectivity index (χ0) is 18.6. The van der Waals surface area contributed by atoms with Crippen LogP contribution in [0, 0.1) is 0 Å². The van der Waals surface area contributed by atoms with Crippen molar-refractivity contribution in [3.63, 3.8) is 0 Å². The molecule has 2 heterocycles. The van der Waals surface area contributed by atoms with E-state index < -0.39 is 0 Å². The van der Waals surface area contributed by atoms with Crippen molar-refractivity contribution in [1.29, 1.82) is 0 Å². The van der Waals surface area contributed by atoms with Gasteiger partial charge in [-0.25, -0.2) is 0 Å². The van der Waals surface area contributed by atoms with Gasteiger partial charge in [0.25, 0.3) is 5.91 Å². The van der Waals surface area contributed by atoms with Crippen molar-refractivity contribution in [2.24, 2.45) is 0 Å². The van der Waals surface area contributed by atoms with Gasteiger partial charge < -0.3 is 15.4 Å². The molecule has 3 aromatic rings. The third-order valence-electron chi connectivity index (χ3n) is 4.43. The first-order valence-corrected chi connectivity index (χ1v) is 9.12. The van der Waals surface area contributed by atoms with Crippen molar-refractivity contribution in [3.8, 4) is 11.3 Å². The molecule has 1 aliphatic rings. The van der Waals surface area contributed by atoms with E-state index in [-0.39, 0.29) is 12.0 Å². The van der Waals surface area contributed by atoms with Gasteiger partial charge in [-0.15, -0.1) is 0 Å². The summed E-state index contributed by atoms with van der Waals surface area (Å²) < 4.78 is 5.74. The fourth-order valence-corrected chi connectivity index (χ4v) is 3.09. The van der Waals surface area contributed by atoms with Crippen LogP contribution in [0.2, 0.25) is 5.02 Å². The lowest BCUT2D eigenvalue weighted by Crippen LogP contribution is -2.33. The number of hydrogen-bond donors (Lipinski definition) is 3. The highest BCUT2D eigenvalue weighted by atomic mass is 35.5. The number of rotatable bonds is 4. The van der Waals surface area contributed by atoms with Gasteiger partial charge in [-0.3, -0.25) is 9.89 Å². The summed E-state index contributed by atoms with van der Waals surface area (Å²) in [5.41, 5.74) is 3.78. The van der Waals surface area contributed by atoms with Crippen LogP contribution < -0.4 is 10.6 Å². The summed E-state index contributed by atoms with van der Waals surface area (Å²) in [6, 6.07) is 16.7. The molecular formula is C20H19ClN4O2. The Morgan fingerprint density at radius 2 is 1.93 bits per heavy atom. The molecule has 6 nitrogen and oxygen atoms in total. The Labute approximate surface area is 161 Å². The van der Waals surface area contributed by atoms with Crippen LogP contribution in [0.4, 0.5) is 5.69 Å². The average molecular weight is 383 g/mol. The molecule has 1 fully saturated rings. The minimum absolute atomic E-state index is 0.0537. The van der Waals surface area contributed by atoms with Crippen molar-refractivity contribution in [1.82, 2.24) is 15.5 Å². The Morgan fingerprint density at radius 1 is 1.15 bits per heavy atom. The molecule has 0 radical (unpaired) electrons. The number of ether oxygens (including phenoxy) is 1. The molecule has 1 saturated heterocycles. The second kappa shape index (κ2) is 7.92. The van der Waals surface area contributed by atoms with Crippen LogP contribution in [-0.2, 0) is 4.74 Å². The highest BCUT2D eigenvalue weighted by Gasteiger charge is 2.16. The van der Waals surface area contributed by atoms with Crippen molar-refractivity contribution in [2.45, 2.75) is 6.10 Å². The summed E-state index contributed by atoms with van der Waals surface area (Å²) in [5, 5.41) is 13.8. The summed E-state index contributed by atoms with van der Waals surface area (Å²) in [6.07, 6.45) is 0.0537. The number of amides is 1. The summed E-state index contributed by atoms with van der Waals surface area (Å²) in [4.78, 5) is 12.5. The molecule has 27 heavy (non-hydrogen) atoms. The lowest BCUT2D eigenvalue weighted by atomic mass is 10.1. The van der Waals surface area contributed by atoms with Crippen molar-refractivity contribution in [2.75, 3.05) is 25.0 Å². The first-order chi connectivity index (χ1) is 13.2. The fraction of sp³-hybridized carbons (Fsp3) is 0.200. The molecule has 1 amide bonds. The van der Waals surface area contributed by atoms with E-state index >= 15 is 0 Å². The normalized spacial score (nSPS) is 16.9. The molecule has 7 heteroatoms. The highest BCUT2D eigenvalue weighted by molar-refractivity contribution is 6.30. The van der Waals surface area contributed by atoms with Gasteiger partial charge >= 0.3 is 0 Å². The second-order valence-corrected chi connectivity index (χ2v) is 6.75. The Balaban J connectivity index is 1.42. The smallest absolute Gasteiger partial charge is 0.273 e. The van der Waals surface area contributed by atoms with E-state index in [4.69, 9.17) is 16.3 Å². The van der Waals surface area contributed by atoms with E-state index in [2.05, 4.69) is 20.8 Å². The van der Waals surface area contributed by atoms with E-state index in [1.807, 2.05) is 36.4 Å². The van der Waals surface area contributed by atoms with Gasteiger partial charge in [-0.2, -0.15) is 5.10 Å². The quantitative estimate of drug-likeness (QED) is 0.643. The molecule has 1 aliphatic heterocycles. The predicted octanol–water partition coefficient (Wildman–Crippen LogP) is 3.64. The van der Waals surface area contributed by atoms with Gasteiger partial charge in [-0.05, 0) is 35.9 Å². The van der Waals surface area contributed by atoms with Gasteiger partial charge in [-0.1, -0.05) is 35.9 Å². The third-order valence-corrected chi connectivity index (χ3v) is 4.68. The van der Waals surface area contributed by atoms with Crippen molar-refractivity contribution < 1.29 is 9.53 Å². The van der Waals surface area contributed by atoms with Gasteiger partial charge in [0, 0.05) is 29.4 Å². The number of halogens is 1. The summed E-state index contributed by atoms with van der Waals surface area (Å²) in [6.45, 7) is 2.39. The molecule has 0 saturated carbocycles. The van der Waals surface area contributed by atoms with Crippen LogP contribution in [0.1, 0.15) is 22.2 Å². The van der Waals surface area contributed by atoms with E-state index in [0.717, 1.165) is 29.9 Å². The number of aromatic amines is 1. The number of carbonyl (C=O) groups excluding carboxylic acids is 1. The average Bonchev–Trinajstić information content (AvgIpc) is 3.20. The van der Waals surface area contributed by atoms with Crippen LogP contribution in [0.15, 0.2) is 54.6 Å². The summed E-state index contributed by atoms with van der Waals surface area (Å²) in [7, 11) is 0. The lowest BCUT2D eigenvalue weighted by Gasteiger charge is -2.24. The Morgan fingerprint density at radius 3 is 2.63 bits per heavy atom. The van der Waals surface area contributed by atoms with Gasteiger partial charge in [0.1, 0.15) is 5.69 Å². The van der Waals surface area contributed by atoms with Gasteiger partial charge in [0.15, 0.2) is 0 Å². The Hall–Kier alpha value is -2.67. The third kappa shape index (κ3) is 4.19. The van der Waals surface area contributed by atoms with Crippen LogP contribution in [0.3, 0.4) is 0 Å². The maximum atomic E-state index is 12.5. The number of nitrogens with zero attached hydrogens (tertiary/aromatic N) is 1. The molecule has 138 valence electrons. The molecule has 0 spiro atoms. The van der Waals surface area contributed by atoms with Crippen molar-refractivity contribution >= 4 is 23.2 Å². The lowest BCUT2D eigenvalue weighted by molar-refractivity contribution is 0.0277. The van der Waals surface area contributed by atoms with Gasteiger partial charge in [0.2, 0.25) is 0 Å². The Kier molecular flexibility index (Phi) is 5.20. The summed E-state index contributed by atoms with van der Waals surface area (Å²) in [5.74, 6) is -0.244. The number of aromatic nitrogens is 2. The van der Waals surface area contributed by atoms with E-state index in [1.165, 1.54) is 0 Å². The van der Waals surface area contributed by atoms with Crippen LogP contribution in [0.5, 0.6) is 0 Å². The number of H-pyrrole nitrogens is 1. The van der Waals surface area contributed by atoms with Crippen LogP contribution >= 0.6 is 11.6 Å². The number of carbonyl (C=O) groups is 1. The SMILES string of the molecule is O=C(Nc1ccc([C@H]2CNCCO2)cc1)c1cc(-c2ccc(Cl)cc2)n[nH]1. The zero-order valence-electron chi connectivity index (χ0n) is 14.5. The van der Waals surface area contributed by atoms with Crippen molar-refractivity contribution in [3.05, 3.63) is 70.9 Å². The first kappa shape index (κ1) is 17.7. The number of anilines is 1. The maximum absolute atomic E-state index is 12.5. The first-order valence-electron chi connectivity index (χ1n) is 8.74. The zero-order valence-corrected chi connectivity index (χ0v) is 15.3. The van der Waals surface area contributed by atoms with Gasteiger partial charge in [0.05, 0.1) is 18.4 Å². The standard InChI is InChI=1S/C20H19ClN4O2/c21-15-5-1-13(2-6-15)17-11-18(25-24-17)20(26)23-16-7-3-14(4-8-16)19-12-22-9-10-27-19/h1-8,11,19,22H,9-10,12H2,(H,23,26)(H,24,25)/t19-/m1/s1. The second-order valence-electron chi connectivity index (χ2n) is 6.31. The fourth-order valence-electron chi connectivity index (χ4n) is 2.97. The minimum Gasteiger partial charge on any atom is -0.371 e. The molecule has 2 aromatic carbocycles. The number of morpholine rings is 1. The molecule has 0 bridgehead atoms. The summed E-state index contributed by atoms with van der Waals surface area (Å²) >= 11 is 5.90. The molecule has 4 rings (SSSR count). The molecular weight excluding hydrogens is 364 g/mol. The van der Waals surface area contributed by atoms with Crippen LogP contribution in [0.25, 0.3) is 11.3 Å². The Bertz CT molecular complexity index is 916. The highest BCUT2D eigenvalue weighted by Crippen LogP contribution is 2.22. The monoisotopic (exact) mass is 382 g/mol.